The molecule has 1 aromatic rings. The molecule has 1 amide bonds. The van der Waals surface area contributed by atoms with E-state index in [9.17, 15) is 9.18 Å². The molecule has 2 unspecified atom stereocenters. The summed E-state index contributed by atoms with van der Waals surface area (Å²) in [6.45, 7) is 0. The van der Waals surface area contributed by atoms with Crippen molar-refractivity contribution in [1.82, 2.24) is 0 Å². The molecule has 3 N–H and O–H groups in total. The summed E-state index contributed by atoms with van der Waals surface area (Å²) >= 11 is 5.63. The molecule has 0 saturated heterocycles. The number of halogens is 2. The zero-order valence-corrected chi connectivity index (χ0v) is 10.0. The van der Waals surface area contributed by atoms with Crippen LogP contribution in [0.1, 0.15) is 19.3 Å². The van der Waals surface area contributed by atoms with E-state index in [4.69, 9.17) is 17.3 Å². The third-order valence-electron chi connectivity index (χ3n) is 3.03. The van der Waals surface area contributed by atoms with E-state index in [1.807, 2.05) is 0 Å². The molecule has 1 aliphatic rings. The summed E-state index contributed by atoms with van der Waals surface area (Å²) in [5.41, 5.74) is 6.27. The van der Waals surface area contributed by atoms with Crippen LogP contribution in [0.2, 0.25) is 5.02 Å². The van der Waals surface area contributed by atoms with Gasteiger partial charge in [-0.1, -0.05) is 11.6 Å². The van der Waals surface area contributed by atoms with E-state index in [0.717, 1.165) is 12.8 Å². The van der Waals surface area contributed by atoms with Crippen LogP contribution in [-0.4, -0.2) is 11.9 Å². The number of rotatable bonds is 2. The third kappa shape index (κ3) is 2.96. The lowest BCUT2D eigenvalue weighted by molar-refractivity contribution is -0.119. The summed E-state index contributed by atoms with van der Waals surface area (Å²) in [5.74, 6) is -0.609. The number of hydrogen-bond donors (Lipinski definition) is 2. The zero-order chi connectivity index (χ0) is 12.4. The van der Waals surface area contributed by atoms with Crippen LogP contribution < -0.4 is 11.1 Å². The lowest BCUT2D eigenvalue weighted by Gasteiger charge is -2.11. The van der Waals surface area contributed by atoms with Crippen LogP contribution in [0.25, 0.3) is 0 Å². The molecule has 92 valence electrons. The van der Waals surface area contributed by atoms with Crippen LogP contribution in [0.5, 0.6) is 0 Å². The van der Waals surface area contributed by atoms with Crippen LogP contribution in [-0.2, 0) is 4.79 Å². The Morgan fingerprint density at radius 1 is 1.47 bits per heavy atom. The van der Waals surface area contributed by atoms with Gasteiger partial charge in [-0.05, 0) is 37.5 Å². The Bertz CT molecular complexity index is 439. The highest BCUT2D eigenvalue weighted by atomic mass is 35.5. The smallest absolute Gasteiger partial charge is 0.227 e. The topological polar surface area (TPSA) is 55.1 Å². The molecule has 1 aliphatic carbocycles. The van der Waals surface area contributed by atoms with Gasteiger partial charge in [-0.15, -0.1) is 0 Å². The van der Waals surface area contributed by atoms with E-state index in [1.165, 1.54) is 18.2 Å². The largest absolute Gasteiger partial charge is 0.328 e. The second kappa shape index (κ2) is 5.02. The predicted octanol–water partition coefficient (Wildman–Crippen LogP) is 2.54. The number of amides is 1. The molecular weight excluding hydrogens is 243 g/mol. The van der Waals surface area contributed by atoms with E-state index < -0.39 is 5.82 Å². The molecule has 1 aromatic carbocycles. The van der Waals surface area contributed by atoms with E-state index in [0.29, 0.717) is 12.1 Å². The van der Waals surface area contributed by atoms with Crippen molar-refractivity contribution in [3.8, 4) is 0 Å². The van der Waals surface area contributed by atoms with E-state index in [-0.39, 0.29) is 22.9 Å². The molecular formula is C12H14ClFN2O. The molecule has 3 nitrogen and oxygen atoms in total. The maximum atomic E-state index is 12.9. The van der Waals surface area contributed by atoms with Crippen LogP contribution >= 0.6 is 11.6 Å². The van der Waals surface area contributed by atoms with Gasteiger partial charge in [-0.25, -0.2) is 4.39 Å². The van der Waals surface area contributed by atoms with Crippen molar-refractivity contribution in [2.75, 3.05) is 5.32 Å². The quantitative estimate of drug-likeness (QED) is 0.854. The van der Waals surface area contributed by atoms with Gasteiger partial charge in [0.25, 0.3) is 0 Å². The van der Waals surface area contributed by atoms with Gasteiger partial charge < -0.3 is 11.1 Å². The molecule has 0 radical (unpaired) electrons. The summed E-state index contributed by atoms with van der Waals surface area (Å²) < 4.78 is 12.9. The van der Waals surface area contributed by atoms with Crippen molar-refractivity contribution >= 4 is 23.2 Å². The number of hydrogen-bond acceptors (Lipinski definition) is 2. The summed E-state index contributed by atoms with van der Waals surface area (Å²) in [6, 6.07) is 4.25. The molecule has 1 saturated carbocycles. The summed E-state index contributed by atoms with van der Waals surface area (Å²) in [6.07, 6.45) is 2.39. The summed E-state index contributed by atoms with van der Waals surface area (Å²) in [4.78, 5) is 11.9. The monoisotopic (exact) mass is 256 g/mol. The standard InChI is InChI=1S/C12H14ClFN2O/c13-10-6-9(3-4-11(10)14)16-12(17)7-1-2-8(15)5-7/h3-4,6-8H,1-2,5,15H2,(H,16,17). The summed E-state index contributed by atoms with van der Waals surface area (Å²) in [7, 11) is 0. The van der Waals surface area contributed by atoms with E-state index >= 15 is 0 Å². The fraction of sp³-hybridized carbons (Fsp3) is 0.417. The number of nitrogens with two attached hydrogens (primary N) is 1. The molecule has 0 spiro atoms. The van der Waals surface area contributed by atoms with Gasteiger partial charge in [0.15, 0.2) is 0 Å². The molecule has 2 rings (SSSR count). The number of carbonyl (C=O) groups excluding carboxylic acids is 1. The Morgan fingerprint density at radius 2 is 2.24 bits per heavy atom. The lowest BCUT2D eigenvalue weighted by atomic mass is 10.1. The predicted molar refractivity (Wildman–Crippen MR) is 65.4 cm³/mol. The first-order valence-corrected chi connectivity index (χ1v) is 5.95. The van der Waals surface area contributed by atoms with Crippen LogP contribution in [0.4, 0.5) is 10.1 Å². The fourth-order valence-electron chi connectivity index (χ4n) is 2.07. The Kier molecular flexibility index (Phi) is 3.64. The number of anilines is 1. The van der Waals surface area contributed by atoms with Gasteiger partial charge in [0, 0.05) is 17.6 Å². The van der Waals surface area contributed by atoms with Crippen molar-refractivity contribution < 1.29 is 9.18 Å². The summed E-state index contributed by atoms with van der Waals surface area (Å²) in [5, 5.41) is 2.73. The van der Waals surface area contributed by atoms with Gasteiger partial charge in [0.05, 0.1) is 5.02 Å². The Hall–Kier alpha value is -1.13. The Balaban J connectivity index is 2.00. The SMILES string of the molecule is NC1CCC(C(=O)Nc2ccc(F)c(Cl)c2)C1. The Morgan fingerprint density at radius 3 is 2.82 bits per heavy atom. The van der Waals surface area contributed by atoms with Gasteiger partial charge in [-0.3, -0.25) is 4.79 Å². The zero-order valence-electron chi connectivity index (χ0n) is 9.25. The fourth-order valence-corrected chi connectivity index (χ4v) is 2.25. The number of nitrogens with one attached hydrogen (secondary N) is 1. The first kappa shape index (κ1) is 12.3. The number of carbonyl (C=O) groups is 1. The van der Waals surface area contributed by atoms with Crippen molar-refractivity contribution in [2.45, 2.75) is 25.3 Å². The van der Waals surface area contributed by atoms with Crippen molar-refractivity contribution in [3.63, 3.8) is 0 Å². The maximum Gasteiger partial charge on any atom is 0.227 e. The van der Waals surface area contributed by atoms with Crippen LogP contribution in [0.3, 0.4) is 0 Å². The highest BCUT2D eigenvalue weighted by molar-refractivity contribution is 6.31. The normalized spacial score (nSPS) is 23.7. The minimum Gasteiger partial charge on any atom is -0.328 e. The highest BCUT2D eigenvalue weighted by Gasteiger charge is 2.27. The first-order chi connectivity index (χ1) is 8.06. The van der Waals surface area contributed by atoms with Crippen molar-refractivity contribution in [3.05, 3.63) is 29.0 Å². The molecule has 0 heterocycles. The molecule has 17 heavy (non-hydrogen) atoms. The molecule has 5 heteroatoms. The van der Waals surface area contributed by atoms with Gasteiger partial charge in [0.1, 0.15) is 5.82 Å². The minimum atomic E-state index is -0.493. The second-order valence-corrected chi connectivity index (χ2v) is 4.80. The van der Waals surface area contributed by atoms with Gasteiger partial charge >= 0.3 is 0 Å². The molecule has 0 bridgehead atoms. The molecule has 0 aliphatic heterocycles. The van der Waals surface area contributed by atoms with Gasteiger partial charge in [0.2, 0.25) is 5.91 Å². The maximum absolute atomic E-state index is 12.9. The van der Waals surface area contributed by atoms with Crippen LogP contribution in [0.15, 0.2) is 18.2 Å². The third-order valence-corrected chi connectivity index (χ3v) is 3.32. The average molecular weight is 257 g/mol. The van der Waals surface area contributed by atoms with Crippen molar-refractivity contribution in [2.24, 2.45) is 11.7 Å². The van der Waals surface area contributed by atoms with E-state index in [2.05, 4.69) is 5.32 Å². The van der Waals surface area contributed by atoms with Crippen molar-refractivity contribution in [1.29, 1.82) is 0 Å². The second-order valence-electron chi connectivity index (χ2n) is 4.39. The average Bonchev–Trinajstić information content (AvgIpc) is 2.70. The van der Waals surface area contributed by atoms with Gasteiger partial charge in [-0.2, -0.15) is 0 Å². The molecule has 1 fully saturated rings. The van der Waals surface area contributed by atoms with E-state index in [1.54, 1.807) is 0 Å². The minimum absolute atomic E-state index is 0.00548. The first-order valence-electron chi connectivity index (χ1n) is 5.58. The lowest BCUT2D eigenvalue weighted by Crippen LogP contribution is -2.23. The Labute approximate surface area is 104 Å². The molecule has 0 aromatic heterocycles. The highest BCUT2D eigenvalue weighted by Crippen LogP contribution is 2.26. The number of benzene rings is 1. The van der Waals surface area contributed by atoms with Crippen LogP contribution in [0, 0.1) is 11.7 Å². The molecule has 2 atom stereocenters.